The first kappa shape index (κ1) is 23.7. The van der Waals surface area contributed by atoms with Crippen molar-refractivity contribution in [3.8, 4) is 0 Å². The van der Waals surface area contributed by atoms with Crippen molar-refractivity contribution in [1.82, 2.24) is 0 Å². The van der Waals surface area contributed by atoms with Crippen molar-refractivity contribution in [2.45, 2.75) is 40.5 Å². The molecule has 0 saturated heterocycles. The third-order valence-corrected chi connectivity index (χ3v) is 2.25. The number of allylic oxidation sites excluding steroid dienone is 8. The minimum Gasteiger partial charge on any atom is -0.857 e. The van der Waals surface area contributed by atoms with E-state index >= 15 is 0 Å². The molecule has 104 valence electrons. The van der Waals surface area contributed by atoms with Crippen molar-refractivity contribution in [3.63, 3.8) is 0 Å². The molecular formula is C16H24O2Ti. The summed E-state index contributed by atoms with van der Waals surface area (Å²) in [4.78, 5) is 0. The van der Waals surface area contributed by atoms with Crippen LogP contribution in [0.1, 0.15) is 40.5 Å². The maximum Gasteiger partial charge on any atom is 4.00 e. The second kappa shape index (κ2) is 15.7. The van der Waals surface area contributed by atoms with E-state index in [1.165, 1.54) is 22.3 Å². The number of hydrogen-bond acceptors (Lipinski definition) is 2. The van der Waals surface area contributed by atoms with Gasteiger partial charge in [0.15, 0.2) is 0 Å². The van der Waals surface area contributed by atoms with Crippen LogP contribution in [0.3, 0.4) is 0 Å². The first-order chi connectivity index (χ1) is 8.58. The second-order valence-corrected chi connectivity index (χ2v) is 3.99. The molecule has 0 amide bonds. The van der Waals surface area contributed by atoms with Crippen LogP contribution in [0.4, 0.5) is 0 Å². The molecule has 2 rings (SSSR count). The normalized spacial score (nSPS) is 14.7. The largest absolute Gasteiger partial charge is 4.00 e. The Morgan fingerprint density at radius 2 is 1.00 bits per heavy atom. The molecule has 3 heteroatoms. The molecular weight excluding hydrogens is 272 g/mol. The van der Waals surface area contributed by atoms with E-state index in [9.17, 15) is 0 Å². The Balaban J connectivity index is -0.000000205. The van der Waals surface area contributed by atoms with Crippen LogP contribution >= 0.6 is 0 Å². The average molecular weight is 296 g/mol. The van der Waals surface area contributed by atoms with Crippen LogP contribution in [0.15, 0.2) is 34.4 Å². The molecule has 2 aliphatic carbocycles. The van der Waals surface area contributed by atoms with Crippen LogP contribution in [0.25, 0.3) is 0 Å². The standard InChI is InChI=1S/2C7H9.2CH3O.Ti/c2*1-6-3-4-7(2)5-6;2*1-2;/h2*3H,4H2,1-2H3;2*1H3;/q4*-1;+4. The molecule has 0 atom stereocenters. The molecule has 0 bridgehead atoms. The van der Waals surface area contributed by atoms with Crippen LogP contribution in [0.2, 0.25) is 0 Å². The molecule has 0 fully saturated rings. The summed E-state index contributed by atoms with van der Waals surface area (Å²) in [5.41, 5.74) is 5.30. The van der Waals surface area contributed by atoms with Gasteiger partial charge in [-0.3, -0.25) is 12.2 Å². The zero-order valence-corrected chi connectivity index (χ0v) is 14.4. The Morgan fingerprint density at radius 3 is 1.05 bits per heavy atom. The van der Waals surface area contributed by atoms with Gasteiger partial charge in [0, 0.05) is 0 Å². The van der Waals surface area contributed by atoms with Crippen LogP contribution in [0, 0.1) is 12.2 Å². The van der Waals surface area contributed by atoms with Gasteiger partial charge in [-0.1, -0.05) is 40.5 Å². The molecule has 0 aliphatic heterocycles. The summed E-state index contributed by atoms with van der Waals surface area (Å²) in [6.07, 6.45) is 13.0. The van der Waals surface area contributed by atoms with E-state index in [1.54, 1.807) is 0 Å². The minimum atomic E-state index is 0. The van der Waals surface area contributed by atoms with Gasteiger partial charge in [-0.2, -0.15) is 25.4 Å². The summed E-state index contributed by atoms with van der Waals surface area (Å²) in [5, 5.41) is 16.5. The van der Waals surface area contributed by atoms with E-state index in [4.69, 9.17) is 10.2 Å². The zero-order chi connectivity index (χ0) is 14.6. The molecule has 2 nitrogen and oxygen atoms in total. The summed E-state index contributed by atoms with van der Waals surface area (Å²) >= 11 is 0. The fourth-order valence-corrected chi connectivity index (χ4v) is 1.49. The predicted octanol–water partition coefficient (Wildman–Crippen LogP) is 2.12. The summed E-state index contributed by atoms with van der Waals surface area (Å²) in [6.45, 7) is 8.37. The van der Waals surface area contributed by atoms with Gasteiger partial charge in [0.25, 0.3) is 0 Å². The van der Waals surface area contributed by atoms with Gasteiger partial charge in [-0.05, 0) is 0 Å². The molecule has 0 heterocycles. The zero-order valence-electron chi connectivity index (χ0n) is 12.9. The van der Waals surface area contributed by atoms with Gasteiger partial charge in [0.2, 0.25) is 0 Å². The van der Waals surface area contributed by atoms with Crippen LogP contribution in [0.5, 0.6) is 0 Å². The molecule has 0 saturated carbocycles. The Kier molecular flexibility index (Phi) is 19.5. The van der Waals surface area contributed by atoms with Gasteiger partial charge in [0.05, 0.1) is 0 Å². The molecule has 2 aliphatic rings. The molecule has 0 aromatic heterocycles. The van der Waals surface area contributed by atoms with E-state index < -0.39 is 0 Å². The van der Waals surface area contributed by atoms with Gasteiger partial charge < -0.3 is 10.2 Å². The molecule has 0 radical (unpaired) electrons. The first-order valence-corrected chi connectivity index (χ1v) is 5.92. The predicted molar refractivity (Wildman–Crippen MR) is 73.5 cm³/mol. The smallest absolute Gasteiger partial charge is 0.857 e. The Bertz CT molecular complexity index is 303. The molecule has 0 unspecified atom stereocenters. The van der Waals surface area contributed by atoms with E-state index in [0.29, 0.717) is 0 Å². The molecule has 0 aromatic carbocycles. The van der Waals surface area contributed by atoms with Crippen molar-refractivity contribution < 1.29 is 31.9 Å². The maximum atomic E-state index is 8.25. The fourth-order valence-electron chi connectivity index (χ4n) is 1.49. The first-order valence-electron chi connectivity index (χ1n) is 5.92. The van der Waals surface area contributed by atoms with Gasteiger partial charge >= 0.3 is 21.7 Å². The van der Waals surface area contributed by atoms with Gasteiger partial charge in [0.1, 0.15) is 0 Å². The second-order valence-electron chi connectivity index (χ2n) is 3.99. The monoisotopic (exact) mass is 296 g/mol. The van der Waals surface area contributed by atoms with Crippen LogP contribution in [-0.4, -0.2) is 14.2 Å². The van der Waals surface area contributed by atoms with Crippen molar-refractivity contribution in [3.05, 3.63) is 46.6 Å². The van der Waals surface area contributed by atoms with E-state index in [-0.39, 0.29) is 21.7 Å². The molecule has 0 aromatic rings. The minimum absolute atomic E-state index is 0. The van der Waals surface area contributed by atoms with Crippen LogP contribution in [-0.2, 0) is 21.7 Å². The number of hydrogen-bond donors (Lipinski definition) is 0. The maximum absolute atomic E-state index is 8.25. The van der Waals surface area contributed by atoms with E-state index in [2.05, 4.69) is 52.0 Å². The van der Waals surface area contributed by atoms with E-state index in [0.717, 1.165) is 27.1 Å². The fraction of sp³-hybridized carbons (Fsp3) is 0.500. The quantitative estimate of drug-likeness (QED) is 0.508. The summed E-state index contributed by atoms with van der Waals surface area (Å²) < 4.78 is 0. The van der Waals surface area contributed by atoms with Crippen molar-refractivity contribution in [1.29, 1.82) is 0 Å². The number of rotatable bonds is 0. The third kappa shape index (κ3) is 13.8. The Hall–Kier alpha value is -0.406. The molecule has 19 heavy (non-hydrogen) atoms. The topological polar surface area (TPSA) is 46.1 Å². The van der Waals surface area contributed by atoms with Crippen molar-refractivity contribution >= 4 is 0 Å². The van der Waals surface area contributed by atoms with Gasteiger partial charge in [-0.25, -0.2) is 23.3 Å². The summed E-state index contributed by atoms with van der Waals surface area (Å²) in [6, 6.07) is 0. The molecule has 0 N–H and O–H groups in total. The van der Waals surface area contributed by atoms with E-state index in [1.807, 2.05) is 0 Å². The van der Waals surface area contributed by atoms with Crippen LogP contribution < -0.4 is 10.2 Å². The van der Waals surface area contributed by atoms with Gasteiger partial charge in [-0.15, -0.1) is 0 Å². The van der Waals surface area contributed by atoms with Crippen molar-refractivity contribution in [2.24, 2.45) is 0 Å². The average Bonchev–Trinajstić information content (AvgIpc) is 2.93. The Labute approximate surface area is 133 Å². The molecule has 0 spiro atoms. The summed E-state index contributed by atoms with van der Waals surface area (Å²) in [7, 11) is 1.50. The SMILES string of the molecule is CC1=[C-]C(C)=CC1.CC1=[C-]C(C)=CC1.C[O-].C[O-].[Ti+4]. The Morgan fingerprint density at radius 1 is 0.737 bits per heavy atom. The van der Waals surface area contributed by atoms with Crippen molar-refractivity contribution in [2.75, 3.05) is 14.2 Å². The summed E-state index contributed by atoms with van der Waals surface area (Å²) in [5.74, 6) is 0. The third-order valence-electron chi connectivity index (χ3n) is 2.25.